The van der Waals surface area contributed by atoms with Crippen LogP contribution in [-0.2, 0) is 11.6 Å². The van der Waals surface area contributed by atoms with Crippen LogP contribution >= 0.6 is 0 Å². The minimum Gasteiger partial charge on any atom is -0.496 e. The number of alkyl halides is 3. The summed E-state index contributed by atoms with van der Waals surface area (Å²) in [4.78, 5) is 0. The minimum atomic E-state index is -4.33. The molecule has 1 aliphatic carbocycles. The van der Waals surface area contributed by atoms with Crippen molar-refractivity contribution in [1.82, 2.24) is 0 Å². The molecular weight excluding hydrogens is 231 g/mol. The Morgan fingerprint density at radius 2 is 2.00 bits per heavy atom. The van der Waals surface area contributed by atoms with Crippen molar-refractivity contribution in [1.29, 1.82) is 0 Å². The van der Waals surface area contributed by atoms with Crippen LogP contribution in [0.25, 0.3) is 0 Å². The highest BCUT2D eigenvalue weighted by Gasteiger charge is 2.46. The first kappa shape index (κ1) is 12.2. The van der Waals surface area contributed by atoms with E-state index in [0.29, 0.717) is 17.9 Å². The summed E-state index contributed by atoms with van der Waals surface area (Å²) in [7, 11) is 1.46. The lowest BCUT2D eigenvalue weighted by Gasteiger charge is -2.19. The number of rotatable bonds is 3. The van der Waals surface area contributed by atoms with Gasteiger partial charge in [-0.3, -0.25) is 0 Å². The highest BCUT2D eigenvalue weighted by atomic mass is 19.4. The fourth-order valence-electron chi connectivity index (χ4n) is 2.03. The Balaban J connectivity index is 2.48. The van der Waals surface area contributed by atoms with E-state index in [1.165, 1.54) is 19.2 Å². The van der Waals surface area contributed by atoms with Crippen molar-refractivity contribution >= 4 is 0 Å². The molecule has 0 amide bonds. The summed E-state index contributed by atoms with van der Waals surface area (Å²) in [5.41, 5.74) is 5.27. The number of hydrogen-bond acceptors (Lipinski definition) is 2. The predicted molar refractivity (Wildman–Crippen MR) is 58.0 cm³/mol. The molecule has 1 saturated carbocycles. The fraction of sp³-hybridized carbons (Fsp3) is 0.500. The summed E-state index contributed by atoms with van der Waals surface area (Å²) < 4.78 is 43.1. The number of nitrogens with two attached hydrogens (primary N) is 1. The van der Waals surface area contributed by atoms with Crippen LogP contribution in [0.3, 0.4) is 0 Å². The molecule has 0 atom stereocenters. The van der Waals surface area contributed by atoms with Crippen LogP contribution in [0.5, 0.6) is 5.75 Å². The average molecular weight is 245 g/mol. The van der Waals surface area contributed by atoms with Crippen LogP contribution < -0.4 is 10.5 Å². The molecule has 1 fully saturated rings. The molecule has 1 aromatic carbocycles. The van der Waals surface area contributed by atoms with Crippen molar-refractivity contribution in [3.05, 3.63) is 29.3 Å². The van der Waals surface area contributed by atoms with Gasteiger partial charge in [-0.1, -0.05) is 0 Å². The lowest BCUT2D eigenvalue weighted by molar-refractivity contribution is -0.137. The van der Waals surface area contributed by atoms with Gasteiger partial charge in [-0.15, -0.1) is 0 Å². The van der Waals surface area contributed by atoms with Gasteiger partial charge in [0.05, 0.1) is 12.7 Å². The van der Waals surface area contributed by atoms with Crippen molar-refractivity contribution in [2.24, 2.45) is 5.73 Å². The van der Waals surface area contributed by atoms with E-state index in [1.807, 2.05) is 0 Å². The summed E-state index contributed by atoms with van der Waals surface area (Å²) in [6.45, 7) is 0.352. The van der Waals surface area contributed by atoms with Gasteiger partial charge in [0.2, 0.25) is 0 Å². The second-order valence-electron chi connectivity index (χ2n) is 4.40. The molecule has 2 rings (SSSR count). The summed E-state index contributed by atoms with van der Waals surface area (Å²) in [5, 5.41) is 0. The molecule has 0 aliphatic heterocycles. The Labute approximate surface area is 97.6 Å². The molecule has 0 radical (unpaired) electrons. The molecule has 0 saturated heterocycles. The van der Waals surface area contributed by atoms with E-state index < -0.39 is 11.7 Å². The van der Waals surface area contributed by atoms with Gasteiger partial charge in [-0.05, 0) is 31.0 Å². The molecule has 1 aliphatic rings. The first-order valence-corrected chi connectivity index (χ1v) is 5.39. The molecular formula is C12H14F3NO. The molecule has 2 N–H and O–H groups in total. The summed E-state index contributed by atoms with van der Waals surface area (Å²) >= 11 is 0. The van der Waals surface area contributed by atoms with Gasteiger partial charge in [-0.25, -0.2) is 0 Å². The van der Waals surface area contributed by atoms with Crippen molar-refractivity contribution in [3.8, 4) is 5.75 Å². The van der Waals surface area contributed by atoms with Crippen LogP contribution in [-0.4, -0.2) is 13.7 Å². The molecule has 0 spiro atoms. The third-order valence-corrected chi connectivity index (χ3v) is 3.34. The van der Waals surface area contributed by atoms with E-state index in [4.69, 9.17) is 10.5 Å². The molecule has 5 heteroatoms. The lowest BCUT2D eigenvalue weighted by atomic mass is 9.93. The van der Waals surface area contributed by atoms with Crippen LogP contribution in [0.4, 0.5) is 13.2 Å². The third-order valence-electron chi connectivity index (χ3n) is 3.34. The largest absolute Gasteiger partial charge is 0.496 e. The number of ether oxygens (including phenoxy) is 1. The molecule has 0 heterocycles. The number of hydrogen-bond donors (Lipinski definition) is 1. The molecule has 17 heavy (non-hydrogen) atoms. The van der Waals surface area contributed by atoms with Gasteiger partial charge in [-0.2, -0.15) is 13.2 Å². The zero-order valence-electron chi connectivity index (χ0n) is 9.47. The third kappa shape index (κ3) is 2.11. The number of methoxy groups -OCH3 is 1. The standard InChI is InChI=1S/C12H14F3NO/c1-17-10-3-2-8(12(13,14)15)6-9(10)11(7-16)4-5-11/h2-3,6H,4-5,7,16H2,1H3. The average Bonchev–Trinajstić information content (AvgIpc) is 3.08. The molecule has 2 nitrogen and oxygen atoms in total. The van der Waals surface area contributed by atoms with Crippen LogP contribution in [0.2, 0.25) is 0 Å². The van der Waals surface area contributed by atoms with Crippen molar-refractivity contribution < 1.29 is 17.9 Å². The van der Waals surface area contributed by atoms with E-state index >= 15 is 0 Å². The van der Waals surface area contributed by atoms with E-state index in [-0.39, 0.29) is 5.41 Å². The Bertz CT molecular complexity index is 424. The van der Waals surface area contributed by atoms with Gasteiger partial charge < -0.3 is 10.5 Å². The van der Waals surface area contributed by atoms with Crippen LogP contribution in [0.1, 0.15) is 24.0 Å². The predicted octanol–water partition coefficient (Wildman–Crippen LogP) is 2.70. The van der Waals surface area contributed by atoms with E-state index in [1.54, 1.807) is 0 Å². The SMILES string of the molecule is COc1ccc(C(F)(F)F)cc1C1(CN)CC1. The minimum absolute atomic E-state index is 0.313. The molecule has 0 bridgehead atoms. The topological polar surface area (TPSA) is 35.2 Å². The first-order chi connectivity index (χ1) is 7.93. The Kier molecular flexibility index (Phi) is 2.81. The van der Waals surface area contributed by atoms with Crippen LogP contribution in [0.15, 0.2) is 18.2 Å². The maximum atomic E-state index is 12.6. The summed E-state index contributed by atoms with van der Waals surface area (Å²) in [6.07, 6.45) is -2.69. The van der Waals surface area contributed by atoms with Gasteiger partial charge in [0.1, 0.15) is 5.75 Å². The Morgan fingerprint density at radius 3 is 2.41 bits per heavy atom. The maximum absolute atomic E-state index is 12.6. The molecule has 0 unspecified atom stereocenters. The second kappa shape index (κ2) is 3.91. The fourth-order valence-corrected chi connectivity index (χ4v) is 2.03. The summed E-state index contributed by atoms with van der Waals surface area (Å²) in [5.74, 6) is 0.487. The zero-order valence-corrected chi connectivity index (χ0v) is 9.47. The van der Waals surface area contributed by atoms with Crippen molar-refractivity contribution in [3.63, 3.8) is 0 Å². The van der Waals surface area contributed by atoms with Gasteiger partial charge in [0.15, 0.2) is 0 Å². The van der Waals surface area contributed by atoms with Gasteiger partial charge in [0.25, 0.3) is 0 Å². The smallest absolute Gasteiger partial charge is 0.416 e. The second-order valence-corrected chi connectivity index (χ2v) is 4.40. The highest BCUT2D eigenvalue weighted by Crippen LogP contribution is 2.51. The van der Waals surface area contributed by atoms with Gasteiger partial charge in [0, 0.05) is 17.5 Å². The molecule has 94 valence electrons. The van der Waals surface area contributed by atoms with Crippen molar-refractivity contribution in [2.45, 2.75) is 24.4 Å². The Morgan fingerprint density at radius 1 is 1.35 bits per heavy atom. The van der Waals surface area contributed by atoms with Gasteiger partial charge >= 0.3 is 6.18 Å². The van der Waals surface area contributed by atoms with E-state index in [2.05, 4.69) is 0 Å². The highest BCUT2D eigenvalue weighted by molar-refractivity contribution is 5.46. The maximum Gasteiger partial charge on any atom is 0.416 e. The quantitative estimate of drug-likeness (QED) is 0.888. The summed E-state index contributed by atoms with van der Waals surface area (Å²) in [6, 6.07) is 3.57. The lowest BCUT2D eigenvalue weighted by Crippen LogP contribution is -2.21. The number of halogens is 3. The van der Waals surface area contributed by atoms with E-state index in [9.17, 15) is 13.2 Å². The zero-order chi connectivity index (χ0) is 12.7. The molecule has 1 aromatic rings. The normalized spacial score (nSPS) is 17.9. The molecule has 0 aromatic heterocycles. The van der Waals surface area contributed by atoms with E-state index in [0.717, 1.165) is 18.9 Å². The monoisotopic (exact) mass is 245 g/mol. The number of benzene rings is 1. The first-order valence-electron chi connectivity index (χ1n) is 5.39. The van der Waals surface area contributed by atoms with Crippen molar-refractivity contribution in [2.75, 3.05) is 13.7 Å². The Hall–Kier alpha value is -1.23. The van der Waals surface area contributed by atoms with Crippen LogP contribution in [0, 0.1) is 0 Å².